The lowest BCUT2D eigenvalue weighted by Gasteiger charge is -2.16. The lowest BCUT2D eigenvalue weighted by Crippen LogP contribution is -2.07. The third-order valence-corrected chi connectivity index (χ3v) is 2.86. The van der Waals surface area contributed by atoms with Crippen LogP contribution in [0.15, 0.2) is 24.4 Å². The zero-order valence-electron chi connectivity index (χ0n) is 11.2. The van der Waals surface area contributed by atoms with E-state index in [9.17, 15) is 0 Å². The van der Waals surface area contributed by atoms with Crippen molar-refractivity contribution in [3.8, 4) is 17.2 Å². The average Bonchev–Trinajstić information content (AvgIpc) is 2.83. The van der Waals surface area contributed by atoms with Crippen molar-refractivity contribution in [3.05, 3.63) is 30.0 Å². The van der Waals surface area contributed by atoms with E-state index in [1.165, 1.54) is 0 Å². The maximum Gasteiger partial charge on any atom is 0.203 e. The van der Waals surface area contributed by atoms with E-state index in [2.05, 4.69) is 5.10 Å². The molecule has 2 rings (SSSR count). The Hall–Kier alpha value is -2.37. The Labute approximate surface area is 111 Å². The minimum absolute atomic E-state index is 0.502. The van der Waals surface area contributed by atoms with Gasteiger partial charge in [0, 0.05) is 5.56 Å². The minimum atomic E-state index is 0.502. The van der Waals surface area contributed by atoms with Gasteiger partial charge in [-0.15, -0.1) is 0 Å². The highest BCUT2D eigenvalue weighted by atomic mass is 16.5. The molecule has 1 aromatic carbocycles. The van der Waals surface area contributed by atoms with Gasteiger partial charge in [-0.05, 0) is 18.2 Å². The molecule has 0 bridgehead atoms. The number of nitrogens with zero attached hydrogens (tertiary/aromatic N) is 2. The van der Waals surface area contributed by atoms with Crippen molar-refractivity contribution in [2.24, 2.45) is 0 Å². The van der Waals surface area contributed by atoms with Crippen molar-refractivity contribution < 1.29 is 14.2 Å². The maximum absolute atomic E-state index is 5.81. The first-order chi connectivity index (χ1) is 9.21. The molecule has 0 aliphatic rings. The van der Waals surface area contributed by atoms with Crippen molar-refractivity contribution >= 4 is 5.82 Å². The van der Waals surface area contributed by atoms with Gasteiger partial charge in [-0.1, -0.05) is 0 Å². The molecule has 0 aliphatic heterocycles. The average molecular weight is 263 g/mol. The number of rotatable bonds is 5. The second kappa shape index (κ2) is 5.51. The Balaban J connectivity index is 2.43. The highest BCUT2D eigenvalue weighted by Gasteiger charge is 2.16. The number of benzene rings is 1. The molecule has 1 heterocycles. The molecule has 0 spiro atoms. The van der Waals surface area contributed by atoms with Crippen LogP contribution in [0.2, 0.25) is 0 Å². The van der Waals surface area contributed by atoms with E-state index in [0.717, 1.165) is 5.56 Å². The summed E-state index contributed by atoms with van der Waals surface area (Å²) in [4.78, 5) is 0. The number of methoxy groups -OCH3 is 3. The van der Waals surface area contributed by atoms with Gasteiger partial charge in [-0.25, -0.2) is 4.68 Å². The van der Waals surface area contributed by atoms with Gasteiger partial charge in [0.05, 0.1) is 34.1 Å². The number of anilines is 1. The third-order valence-electron chi connectivity index (χ3n) is 2.86. The van der Waals surface area contributed by atoms with E-state index < -0.39 is 0 Å². The normalized spacial score (nSPS) is 10.3. The van der Waals surface area contributed by atoms with Crippen LogP contribution in [-0.4, -0.2) is 31.1 Å². The topological polar surface area (TPSA) is 71.5 Å². The van der Waals surface area contributed by atoms with Gasteiger partial charge in [0.1, 0.15) is 5.82 Å². The molecule has 0 amide bonds. The van der Waals surface area contributed by atoms with Crippen LogP contribution in [0.1, 0.15) is 5.56 Å². The summed E-state index contributed by atoms with van der Waals surface area (Å²) in [6.45, 7) is 0.502. The van der Waals surface area contributed by atoms with Crippen LogP contribution in [0.4, 0.5) is 5.82 Å². The van der Waals surface area contributed by atoms with Crippen LogP contribution in [-0.2, 0) is 6.54 Å². The summed E-state index contributed by atoms with van der Waals surface area (Å²) >= 11 is 0. The summed E-state index contributed by atoms with van der Waals surface area (Å²) < 4.78 is 17.7. The number of hydrogen-bond acceptors (Lipinski definition) is 5. The second-order valence-corrected chi connectivity index (χ2v) is 3.91. The molecular weight excluding hydrogens is 246 g/mol. The van der Waals surface area contributed by atoms with Gasteiger partial charge >= 0.3 is 0 Å². The number of hydrogen-bond donors (Lipinski definition) is 1. The standard InChI is InChI=1S/C13H17N3O3/c1-17-10-5-4-9(12(18-2)13(10)19-3)8-16-11(14)6-7-15-16/h4-7H,8,14H2,1-3H3. The molecule has 0 fully saturated rings. The van der Waals surface area contributed by atoms with Gasteiger partial charge in [-0.2, -0.15) is 5.10 Å². The molecule has 0 saturated heterocycles. The summed E-state index contributed by atoms with van der Waals surface area (Å²) in [7, 11) is 4.75. The van der Waals surface area contributed by atoms with E-state index in [-0.39, 0.29) is 0 Å². The van der Waals surface area contributed by atoms with E-state index >= 15 is 0 Å². The summed E-state index contributed by atoms with van der Waals surface area (Å²) in [5.41, 5.74) is 6.72. The number of ether oxygens (including phenoxy) is 3. The molecule has 0 unspecified atom stereocenters. The van der Waals surface area contributed by atoms with Crippen LogP contribution < -0.4 is 19.9 Å². The third kappa shape index (κ3) is 2.42. The highest BCUT2D eigenvalue weighted by Crippen LogP contribution is 2.40. The molecule has 2 N–H and O–H groups in total. The lowest BCUT2D eigenvalue weighted by atomic mass is 10.1. The number of aromatic nitrogens is 2. The molecule has 19 heavy (non-hydrogen) atoms. The lowest BCUT2D eigenvalue weighted by molar-refractivity contribution is 0.321. The number of nitrogens with two attached hydrogens (primary N) is 1. The zero-order chi connectivity index (χ0) is 13.8. The highest BCUT2D eigenvalue weighted by molar-refractivity contribution is 5.56. The van der Waals surface area contributed by atoms with Gasteiger partial charge in [-0.3, -0.25) is 0 Å². The summed E-state index contributed by atoms with van der Waals surface area (Å²) in [6.07, 6.45) is 1.66. The molecule has 0 atom stereocenters. The van der Waals surface area contributed by atoms with E-state index in [0.29, 0.717) is 29.6 Å². The second-order valence-electron chi connectivity index (χ2n) is 3.91. The maximum atomic E-state index is 5.81. The molecule has 0 radical (unpaired) electrons. The van der Waals surface area contributed by atoms with Crippen molar-refractivity contribution in [1.29, 1.82) is 0 Å². The van der Waals surface area contributed by atoms with Gasteiger partial charge in [0.2, 0.25) is 5.75 Å². The largest absolute Gasteiger partial charge is 0.493 e. The smallest absolute Gasteiger partial charge is 0.203 e. The first-order valence-electron chi connectivity index (χ1n) is 5.76. The fraction of sp³-hybridized carbons (Fsp3) is 0.308. The molecule has 1 aromatic heterocycles. The van der Waals surface area contributed by atoms with Crippen LogP contribution in [0.25, 0.3) is 0 Å². The molecule has 2 aromatic rings. The van der Waals surface area contributed by atoms with E-state index in [4.69, 9.17) is 19.9 Å². The zero-order valence-corrected chi connectivity index (χ0v) is 11.2. The molecular formula is C13H17N3O3. The summed E-state index contributed by atoms with van der Waals surface area (Å²) in [5.74, 6) is 2.40. The Bertz CT molecular complexity index is 566. The van der Waals surface area contributed by atoms with Gasteiger partial charge in [0.15, 0.2) is 11.5 Å². The first kappa shape index (κ1) is 13.1. The predicted molar refractivity (Wildman–Crippen MR) is 71.8 cm³/mol. The quantitative estimate of drug-likeness (QED) is 0.886. The van der Waals surface area contributed by atoms with Gasteiger partial charge < -0.3 is 19.9 Å². The van der Waals surface area contributed by atoms with Crippen LogP contribution >= 0.6 is 0 Å². The van der Waals surface area contributed by atoms with Crippen molar-refractivity contribution in [2.45, 2.75) is 6.54 Å². The van der Waals surface area contributed by atoms with E-state index in [1.54, 1.807) is 38.3 Å². The number of nitrogen functional groups attached to an aromatic ring is 1. The molecule has 6 heteroatoms. The molecule has 6 nitrogen and oxygen atoms in total. The first-order valence-corrected chi connectivity index (χ1v) is 5.76. The Morgan fingerprint density at radius 1 is 1.05 bits per heavy atom. The van der Waals surface area contributed by atoms with Crippen molar-refractivity contribution in [2.75, 3.05) is 27.1 Å². The van der Waals surface area contributed by atoms with Crippen LogP contribution in [0, 0.1) is 0 Å². The van der Waals surface area contributed by atoms with Gasteiger partial charge in [0.25, 0.3) is 0 Å². The van der Waals surface area contributed by atoms with E-state index in [1.807, 2.05) is 12.1 Å². The fourth-order valence-electron chi connectivity index (χ4n) is 1.92. The summed E-state index contributed by atoms with van der Waals surface area (Å²) in [5, 5.41) is 4.15. The van der Waals surface area contributed by atoms with Crippen LogP contribution in [0.5, 0.6) is 17.2 Å². The summed E-state index contributed by atoms with van der Waals surface area (Å²) in [6, 6.07) is 5.48. The Kier molecular flexibility index (Phi) is 3.79. The molecule has 0 aliphatic carbocycles. The Morgan fingerprint density at radius 3 is 2.32 bits per heavy atom. The van der Waals surface area contributed by atoms with Crippen LogP contribution in [0.3, 0.4) is 0 Å². The van der Waals surface area contributed by atoms with Crippen molar-refractivity contribution in [1.82, 2.24) is 9.78 Å². The monoisotopic (exact) mass is 263 g/mol. The SMILES string of the molecule is COc1ccc(Cn2nccc2N)c(OC)c1OC. The predicted octanol–water partition coefficient (Wildman–Crippen LogP) is 1.54. The Morgan fingerprint density at radius 2 is 1.79 bits per heavy atom. The molecule has 0 saturated carbocycles. The fourth-order valence-corrected chi connectivity index (χ4v) is 1.92. The minimum Gasteiger partial charge on any atom is -0.493 e. The molecule has 102 valence electrons. The van der Waals surface area contributed by atoms with Crippen molar-refractivity contribution in [3.63, 3.8) is 0 Å².